The molecule has 1 amide bonds. The van der Waals surface area contributed by atoms with Gasteiger partial charge in [-0.25, -0.2) is 4.98 Å². The van der Waals surface area contributed by atoms with Crippen LogP contribution in [0.2, 0.25) is 0 Å². The molecule has 0 saturated carbocycles. The molecule has 0 aliphatic heterocycles. The van der Waals surface area contributed by atoms with E-state index in [9.17, 15) is 4.79 Å². The van der Waals surface area contributed by atoms with Crippen molar-refractivity contribution in [3.63, 3.8) is 0 Å². The first-order valence-corrected chi connectivity index (χ1v) is 9.66. The van der Waals surface area contributed by atoms with Crippen molar-refractivity contribution < 1.29 is 14.3 Å². The standard InChI is InChI=1S/C21H22N2O3S/c1-3-25-19-7-5-4-6-18(19)23-20(24)12-16-14-27-21(22-16)13-26-17-10-8-15(2)9-11-17/h4-11,14H,3,12-13H2,1-2H3,(H,23,24). The zero-order valence-corrected chi connectivity index (χ0v) is 16.2. The number of nitrogens with zero attached hydrogens (tertiary/aromatic N) is 1. The molecule has 5 nitrogen and oxygen atoms in total. The smallest absolute Gasteiger partial charge is 0.230 e. The number of rotatable bonds is 8. The molecule has 0 aliphatic rings. The number of para-hydroxylation sites is 2. The van der Waals surface area contributed by atoms with Gasteiger partial charge in [-0.3, -0.25) is 4.79 Å². The number of hydrogen-bond donors (Lipinski definition) is 1. The molecule has 1 N–H and O–H groups in total. The molecule has 0 unspecified atom stereocenters. The van der Waals surface area contributed by atoms with Gasteiger partial charge in [0.15, 0.2) is 0 Å². The lowest BCUT2D eigenvalue weighted by Crippen LogP contribution is -2.15. The number of aromatic nitrogens is 1. The number of thiazole rings is 1. The Labute approximate surface area is 163 Å². The van der Waals surface area contributed by atoms with E-state index in [2.05, 4.69) is 10.3 Å². The van der Waals surface area contributed by atoms with Crippen molar-refractivity contribution in [1.82, 2.24) is 4.98 Å². The van der Waals surface area contributed by atoms with Gasteiger partial charge >= 0.3 is 0 Å². The number of amides is 1. The van der Waals surface area contributed by atoms with Crippen LogP contribution in [0.25, 0.3) is 0 Å². The van der Waals surface area contributed by atoms with Crippen LogP contribution in [0, 0.1) is 6.92 Å². The molecule has 1 aromatic heterocycles. The van der Waals surface area contributed by atoms with Crippen molar-refractivity contribution in [3.05, 3.63) is 70.2 Å². The summed E-state index contributed by atoms with van der Waals surface area (Å²) >= 11 is 1.49. The first kappa shape index (κ1) is 18.9. The number of anilines is 1. The Balaban J connectivity index is 1.54. The number of aryl methyl sites for hydroxylation is 1. The van der Waals surface area contributed by atoms with Crippen LogP contribution < -0.4 is 14.8 Å². The minimum Gasteiger partial charge on any atom is -0.492 e. The van der Waals surface area contributed by atoms with E-state index in [0.717, 1.165) is 16.5 Å². The molecule has 0 atom stereocenters. The van der Waals surface area contributed by atoms with Crippen molar-refractivity contribution in [1.29, 1.82) is 0 Å². The zero-order valence-electron chi connectivity index (χ0n) is 15.4. The average molecular weight is 382 g/mol. The summed E-state index contributed by atoms with van der Waals surface area (Å²) in [6, 6.07) is 15.3. The van der Waals surface area contributed by atoms with Crippen LogP contribution in [0.5, 0.6) is 11.5 Å². The SMILES string of the molecule is CCOc1ccccc1NC(=O)Cc1csc(COc2ccc(C)cc2)n1. The Bertz CT molecular complexity index is 890. The van der Waals surface area contributed by atoms with Crippen molar-refractivity contribution in [2.24, 2.45) is 0 Å². The molecule has 3 rings (SSSR count). The third-order valence-electron chi connectivity index (χ3n) is 3.79. The highest BCUT2D eigenvalue weighted by Crippen LogP contribution is 2.24. The summed E-state index contributed by atoms with van der Waals surface area (Å²) in [4.78, 5) is 16.8. The van der Waals surface area contributed by atoms with Crippen LogP contribution in [0.3, 0.4) is 0 Å². The molecule has 0 saturated heterocycles. The van der Waals surface area contributed by atoms with Crippen molar-refractivity contribution >= 4 is 22.9 Å². The summed E-state index contributed by atoms with van der Waals surface area (Å²) in [5.74, 6) is 1.35. The fourth-order valence-electron chi connectivity index (χ4n) is 2.49. The molecular weight excluding hydrogens is 360 g/mol. The summed E-state index contributed by atoms with van der Waals surface area (Å²) in [5.41, 5.74) is 2.59. The lowest BCUT2D eigenvalue weighted by molar-refractivity contribution is -0.115. The van der Waals surface area contributed by atoms with E-state index in [4.69, 9.17) is 9.47 Å². The molecule has 0 aliphatic carbocycles. The molecule has 140 valence electrons. The number of hydrogen-bond acceptors (Lipinski definition) is 5. The highest BCUT2D eigenvalue weighted by molar-refractivity contribution is 7.09. The molecule has 0 fully saturated rings. The van der Waals surface area contributed by atoms with Crippen molar-refractivity contribution in [3.8, 4) is 11.5 Å². The Morgan fingerprint density at radius 2 is 1.89 bits per heavy atom. The summed E-state index contributed by atoms with van der Waals surface area (Å²) in [6.07, 6.45) is 0.210. The molecule has 6 heteroatoms. The Morgan fingerprint density at radius 1 is 1.11 bits per heavy atom. The highest BCUT2D eigenvalue weighted by Gasteiger charge is 2.11. The summed E-state index contributed by atoms with van der Waals surface area (Å²) in [5, 5.41) is 5.62. The summed E-state index contributed by atoms with van der Waals surface area (Å²) in [7, 11) is 0. The van der Waals surface area contributed by atoms with E-state index in [1.807, 2.05) is 67.8 Å². The zero-order chi connectivity index (χ0) is 19.1. The van der Waals surface area contributed by atoms with E-state index in [1.54, 1.807) is 0 Å². The van der Waals surface area contributed by atoms with Gasteiger partial charge in [-0.2, -0.15) is 0 Å². The minimum atomic E-state index is -0.126. The predicted molar refractivity (Wildman–Crippen MR) is 108 cm³/mol. The van der Waals surface area contributed by atoms with E-state index in [-0.39, 0.29) is 12.3 Å². The van der Waals surface area contributed by atoms with Crippen LogP contribution in [0.15, 0.2) is 53.9 Å². The maximum atomic E-state index is 12.3. The van der Waals surface area contributed by atoms with Crippen LogP contribution in [-0.2, 0) is 17.8 Å². The third-order valence-corrected chi connectivity index (χ3v) is 4.66. The number of ether oxygens (including phenoxy) is 2. The lowest BCUT2D eigenvalue weighted by atomic mass is 10.2. The Morgan fingerprint density at radius 3 is 2.67 bits per heavy atom. The largest absolute Gasteiger partial charge is 0.492 e. The monoisotopic (exact) mass is 382 g/mol. The van der Waals surface area contributed by atoms with Crippen LogP contribution in [-0.4, -0.2) is 17.5 Å². The average Bonchev–Trinajstić information content (AvgIpc) is 3.10. The number of benzene rings is 2. The van der Waals surface area contributed by atoms with Crippen LogP contribution in [0.1, 0.15) is 23.2 Å². The van der Waals surface area contributed by atoms with Gasteiger partial charge in [0.1, 0.15) is 23.1 Å². The second kappa shape index (κ2) is 9.19. The van der Waals surface area contributed by atoms with E-state index < -0.39 is 0 Å². The fourth-order valence-corrected chi connectivity index (χ4v) is 3.19. The van der Waals surface area contributed by atoms with Gasteiger partial charge in [0.2, 0.25) is 5.91 Å². The molecular formula is C21H22N2O3S. The lowest BCUT2D eigenvalue weighted by Gasteiger charge is -2.10. The van der Waals surface area contributed by atoms with Crippen molar-refractivity contribution in [2.75, 3.05) is 11.9 Å². The predicted octanol–water partition coefficient (Wildman–Crippen LogP) is 4.61. The quantitative estimate of drug-likeness (QED) is 0.618. The van der Waals surface area contributed by atoms with Gasteiger partial charge in [0.25, 0.3) is 0 Å². The molecule has 1 heterocycles. The number of carbonyl (C=O) groups is 1. The van der Waals surface area contributed by atoms with Crippen molar-refractivity contribution in [2.45, 2.75) is 26.9 Å². The normalized spacial score (nSPS) is 10.4. The molecule has 2 aromatic carbocycles. The molecule has 3 aromatic rings. The Hall–Kier alpha value is -2.86. The van der Waals surface area contributed by atoms with Gasteiger partial charge in [-0.15, -0.1) is 11.3 Å². The third kappa shape index (κ3) is 5.56. The summed E-state index contributed by atoms with van der Waals surface area (Å²) in [6.45, 7) is 4.88. The Kier molecular flexibility index (Phi) is 6.44. The van der Waals surface area contributed by atoms with Gasteiger partial charge in [0, 0.05) is 5.38 Å². The van der Waals surface area contributed by atoms with Gasteiger partial charge in [-0.05, 0) is 38.1 Å². The number of nitrogens with one attached hydrogen (secondary N) is 1. The summed E-state index contributed by atoms with van der Waals surface area (Å²) < 4.78 is 11.3. The van der Waals surface area contributed by atoms with Gasteiger partial charge in [0.05, 0.1) is 24.4 Å². The second-order valence-corrected chi connectivity index (χ2v) is 6.93. The van der Waals surface area contributed by atoms with Crippen LogP contribution in [0.4, 0.5) is 5.69 Å². The molecule has 0 radical (unpaired) electrons. The first-order chi connectivity index (χ1) is 13.1. The fraction of sp³-hybridized carbons (Fsp3) is 0.238. The maximum Gasteiger partial charge on any atom is 0.230 e. The minimum absolute atomic E-state index is 0.126. The topological polar surface area (TPSA) is 60.5 Å². The van der Waals surface area contributed by atoms with E-state index in [1.165, 1.54) is 16.9 Å². The molecule has 27 heavy (non-hydrogen) atoms. The van der Waals surface area contributed by atoms with E-state index >= 15 is 0 Å². The number of carbonyl (C=O) groups excluding carboxylic acids is 1. The van der Waals surface area contributed by atoms with Crippen LogP contribution >= 0.6 is 11.3 Å². The van der Waals surface area contributed by atoms with Gasteiger partial charge < -0.3 is 14.8 Å². The highest BCUT2D eigenvalue weighted by atomic mass is 32.1. The molecule has 0 bridgehead atoms. The molecule has 0 spiro atoms. The van der Waals surface area contributed by atoms with E-state index in [0.29, 0.717) is 24.7 Å². The van der Waals surface area contributed by atoms with Gasteiger partial charge in [-0.1, -0.05) is 29.8 Å². The second-order valence-electron chi connectivity index (χ2n) is 5.99. The first-order valence-electron chi connectivity index (χ1n) is 8.78. The maximum absolute atomic E-state index is 12.3.